The second-order valence-corrected chi connectivity index (χ2v) is 6.80. The summed E-state index contributed by atoms with van der Waals surface area (Å²) in [5, 5.41) is 13.2. The Labute approximate surface area is 172 Å². The number of hydrogen-bond donors (Lipinski definition) is 1. The molecule has 2 aromatic carbocycles. The van der Waals surface area contributed by atoms with Gasteiger partial charge in [-0.3, -0.25) is 24.5 Å². The van der Waals surface area contributed by atoms with Gasteiger partial charge in [-0.25, -0.2) is 0 Å². The zero-order valence-corrected chi connectivity index (χ0v) is 16.2. The topological polar surface area (TPSA) is 119 Å². The van der Waals surface area contributed by atoms with Gasteiger partial charge in [-0.1, -0.05) is 36.4 Å². The molecule has 0 spiro atoms. The fourth-order valence-electron chi connectivity index (χ4n) is 3.18. The van der Waals surface area contributed by atoms with Crippen molar-refractivity contribution in [3.8, 4) is 0 Å². The summed E-state index contributed by atoms with van der Waals surface area (Å²) in [6.07, 6.45) is 0.715. The molecule has 2 amide bonds. The molecular weight excluding hydrogens is 390 g/mol. The summed E-state index contributed by atoms with van der Waals surface area (Å²) in [6, 6.07) is 13.9. The molecular formula is C21H21N3O6. The van der Waals surface area contributed by atoms with Crippen molar-refractivity contribution in [2.24, 2.45) is 0 Å². The van der Waals surface area contributed by atoms with Crippen LogP contribution in [0.25, 0.3) is 0 Å². The van der Waals surface area contributed by atoms with Gasteiger partial charge >= 0.3 is 5.97 Å². The number of nitrogens with zero attached hydrogens (tertiary/aromatic N) is 2. The fourth-order valence-corrected chi connectivity index (χ4v) is 3.18. The maximum absolute atomic E-state index is 12.8. The summed E-state index contributed by atoms with van der Waals surface area (Å²) >= 11 is 0. The van der Waals surface area contributed by atoms with Gasteiger partial charge in [-0.05, 0) is 18.9 Å². The number of nitro benzene ring substituents is 1. The zero-order valence-electron chi connectivity index (χ0n) is 16.2. The van der Waals surface area contributed by atoms with Gasteiger partial charge < -0.3 is 15.0 Å². The van der Waals surface area contributed by atoms with Crippen LogP contribution >= 0.6 is 0 Å². The number of hydrogen-bond acceptors (Lipinski definition) is 6. The minimum Gasteiger partial charge on any atom is -0.446 e. The van der Waals surface area contributed by atoms with Gasteiger partial charge in [0, 0.05) is 36.3 Å². The Morgan fingerprint density at radius 2 is 1.77 bits per heavy atom. The Balaban J connectivity index is 1.64. The van der Waals surface area contributed by atoms with Crippen molar-refractivity contribution in [1.82, 2.24) is 10.2 Å². The number of nitrogens with one attached hydrogen (secondary N) is 1. The third-order valence-electron chi connectivity index (χ3n) is 4.71. The first-order chi connectivity index (χ1) is 14.5. The Bertz CT molecular complexity index is 941. The molecule has 0 unspecified atom stereocenters. The number of non-ortho nitro benzene ring substituents is 1. The third-order valence-corrected chi connectivity index (χ3v) is 4.71. The number of benzene rings is 2. The van der Waals surface area contributed by atoms with Crippen LogP contribution in [0.3, 0.4) is 0 Å². The standard InChI is InChI=1S/C21H21N3O6/c25-18(14-22-20(26)16-9-6-10-17(13-16)24(28)29)30-19(15-7-2-1-3-8-15)21(27)23-11-4-5-12-23/h1-3,6-10,13,19H,4-5,11-12,14H2,(H,22,26)/t19-/m0/s1. The normalized spacial score (nSPS) is 14.1. The van der Waals surface area contributed by atoms with Gasteiger partial charge in [0.25, 0.3) is 17.5 Å². The van der Waals surface area contributed by atoms with Crippen LogP contribution in [0.15, 0.2) is 54.6 Å². The van der Waals surface area contributed by atoms with Crippen LogP contribution in [0.4, 0.5) is 5.69 Å². The number of carbonyl (C=O) groups excluding carboxylic acids is 3. The van der Waals surface area contributed by atoms with E-state index in [-0.39, 0.29) is 17.2 Å². The van der Waals surface area contributed by atoms with Crippen molar-refractivity contribution in [2.45, 2.75) is 18.9 Å². The molecule has 2 aromatic rings. The molecule has 9 heteroatoms. The predicted molar refractivity (Wildman–Crippen MR) is 107 cm³/mol. The van der Waals surface area contributed by atoms with Gasteiger partial charge in [0.2, 0.25) is 6.10 Å². The summed E-state index contributed by atoms with van der Waals surface area (Å²) in [6.45, 7) is 0.755. The lowest BCUT2D eigenvalue weighted by Crippen LogP contribution is -2.37. The van der Waals surface area contributed by atoms with E-state index in [2.05, 4.69) is 5.32 Å². The van der Waals surface area contributed by atoms with E-state index in [1.165, 1.54) is 18.2 Å². The van der Waals surface area contributed by atoms with E-state index in [1.54, 1.807) is 35.2 Å². The maximum atomic E-state index is 12.8. The minimum atomic E-state index is -1.09. The molecule has 0 bridgehead atoms. The molecule has 156 valence electrons. The summed E-state index contributed by atoms with van der Waals surface area (Å²) in [5.41, 5.74) is 0.364. The lowest BCUT2D eigenvalue weighted by molar-refractivity contribution is -0.384. The number of rotatable bonds is 7. The van der Waals surface area contributed by atoms with Gasteiger partial charge in [-0.15, -0.1) is 0 Å². The van der Waals surface area contributed by atoms with Crippen LogP contribution in [-0.4, -0.2) is 47.2 Å². The molecule has 0 aromatic heterocycles. The number of nitro groups is 1. The van der Waals surface area contributed by atoms with Crippen LogP contribution < -0.4 is 5.32 Å². The van der Waals surface area contributed by atoms with Crippen LogP contribution in [0.2, 0.25) is 0 Å². The first-order valence-corrected chi connectivity index (χ1v) is 9.51. The molecule has 1 heterocycles. The van der Waals surface area contributed by atoms with Crippen molar-refractivity contribution in [2.75, 3.05) is 19.6 Å². The molecule has 0 saturated carbocycles. The lowest BCUT2D eigenvalue weighted by atomic mass is 10.1. The number of carbonyl (C=O) groups is 3. The van der Waals surface area contributed by atoms with E-state index >= 15 is 0 Å². The molecule has 9 nitrogen and oxygen atoms in total. The van der Waals surface area contributed by atoms with E-state index in [9.17, 15) is 24.5 Å². The van der Waals surface area contributed by atoms with E-state index < -0.39 is 29.4 Å². The predicted octanol–water partition coefficient (Wildman–Crippen LogP) is 2.23. The van der Waals surface area contributed by atoms with Crippen LogP contribution in [0, 0.1) is 10.1 Å². The van der Waals surface area contributed by atoms with Gasteiger partial charge in [0.05, 0.1) is 4.92 Å². The minimum absolute atomic E-state index is 0.0461. The van der Waals surface area contributed by atoms with E-state index in [1.807, 2.05) is 0 Å². The first-order valence-electron chi connectivity index (χ1n) is 9.51. The third kappa shape index (κ3) is 5.19. The smallest absolute Gasteiger partial charge is 0.326 e. The molecule has 1 atom stereocenters. The lowest BCUT2D eigenvalue weighted by Gasteiger charge is -2.23. The zero-order chi connectivity index (χ0) is 21.5. The highest BCUT2D eigenvalue weighted by Crippen LogP contribution is 2.23. The number of esters is 1. The Hall–Kier alpha value is -3.75. The summed E-state index contributed by atoms with van der Waals surface area (Å²) in [4.78, 5) is 49.3. The summed E-state index contributed by atoms with van der Waals surface area (Å²) in [7, 11) is 0. The highest BCUT2D eigenvalue weighted by atomic mass is 16.6. The quantitative estimate of drug-likeness (QED) is 0.424. The average molecular weight is 411 g/mol. The van der Waals surface area contributed by atoms with Crippen LogP contribution in [0.5, 0.6) is 0 Å². The molecule has 1 aliphatic heterocycles. The van der Waals surface area contributed by atoms with Crippen molar-refractivity contribution < 1.29 is 24.0 Å². The highest BCUT2D eigenvalue weighted by Gasteiger charge is 2.31. The summed E-state index contributed by atoms with van der Waals surface area (Å²) < 4.78 is 5.41. The van der Waals surface area contributed by atoms with Gasteiger partial charge in [0.1, 0.15) is 6.54 Å². The van der Waals surface area contributed by atoms with E-state index in [4.69, 9.17) is 4.74 Å². The molecule has 1 N–H and O–H groups in total. The van der Waals surface area contributed by atoms with Crippen molar-refractivity contribution >= 4 is 23.5 Å². The van der Waals surface area contributed by atoms with Gasteiger partial charge in [-0.2, -0.15) is 0 Å². The van der Waals surface area contributed by atoms with Crippen LogP contribution in [0.1, 0.15) is 34.9 Å². The first kappa shape index (κ1) is 21.0. The second-order valence-electron chi connectivity index (χ2n) is 6.80. The fraction of sp³-hybridized carbons (Fsp3) is 0.286. The van der Waals surface area contributed by atoms with Crippen LogP contribution in [-0.2, 0) is 14.3 Å². The Morgan fingerprint density at radius 1 is 1.07 bits per heavy atom. The number of ether oxygens (including phenoxy) is 1. The van der Waals surface area contributed by atoms with Crippen molar-refractivity contribution in [3.63, 3.8) is 0 Å². The van der Waals surface area contributed by atoms with Gasteiger partial charge in [0.15, 0.2) is 0 Å². The molecule has 0 aliphatic carbocycles. The molecule has 30 heavy (non-hydrogen) atoms. The average Bonchev–Trinajstić information content (AvgIpc) is 3.31. The maximum Gasteiger partial charge on any atom is 0.326 e. The molecule has 1 fully saturated rings. The Morgan fingerprint density at radius 3 is 2.43 bits per heavy atom. The molecule has 3 rings (SSSR count). The Kier molecular flexibility index (Phi) is 6.74. The molecule has 1 saturated heterocycles. The monoisotopic (exact) mass is 411 g/mol. The van der Waals surface area contributed by atoms with Crippen molar-refractivity contribution in [1.29, 1.82) is 0 Å². The van der Waals surface area contributed by atoms with E-state index in [0.29, 0.717) is 18.7 Å². The second kappa shape index (κ2) is 9.64. The number of amides is 2. The highest BCUT2D eigenvalue weighted by molar-refractivity contribution is 5.96. The SMILES string of the molecule is O=C(CNC(=O)c1cccc([N+](=O)[O-])c1)O[C@H](C(=O)N1CCCC1)c1ccccc1. The summed E-state index contributed by atoms with van der Waals surface area (Å²) in [5.74, 6) is -1.73. The molecule has 0 radical (unpaired) electrons. The number of likely N-dealkylation sites (tertiary alicyclic amines) is 1. The largest absolute Gasteiger partial charge is 0.446 e. The molecule has 1 aliphatic rings. The van der Waals surface area contributed by atoms with E-state index in [0.717, 1.165) is 18.9 Å². The van der Waals surface area contributed by atoms with Crippen molar-refractivity contribution in [3.05, 3.63) is 75.8 Å².